The number of primary amides is 1. The molecule has 3 N–H and O–H groups in total. The van der Waals surface area contributed by atoms with Crippen LogP contribution in [0.4, 0.5) is 4.79 Å². The minimum Gasteiger partial charge on any atom is -0.351 e. The van der Waals surface area contributed by atoms with E-state index in [2.05, 4.69) is 22.2 Å². The van der Waals surface area contributed by atoms with Crippen LogP contribution in [-0.4, -0.2) is 24.5 Å². The Hall–Kier alpha value is -2.17. The zero-order valence-electron chi connectivity index (χ0n) is 13.8. The lowest BCUT2D eigenvalue weighted by Crippen LogP contribution is -2.29. The fraction of sp³-hybridized carbons (Fsp3) is 0.438. The quantitative estimate of drug-likeness (QED) is 0.571. The molecule has 2 amide bonds. The first-order valence-corrected chi connectivity index (χ1v) is 6.92. The molecule has 0 aliphatic heterocycles. The highest BCUT2D eigenvalue weighted by molar-refractivity contribution is 6.14. The van der Waals surface area contributed by atoms with Crippen LogP contribution in [0.25, 0.3) is 0 Å². The van der Waals surface area contributed by atoms with Crippen LogP contribution in [-0.2, 0) is 0 Å². The number of nitrogens with zero attached hydrogens (tertiary/aromatic N) is 2. The molecule has 5 nitrogen and oxygen atoms in total. The second kappa shape index (κ2) is 9.69. The van der Waals surface area contributed by atoms with Crippen molar-refractivity contribution < 1.29 is 4.79 Å². The number of carbonyl (C=O) groups is 1. The summed E-state index contributed by atoms with van der Waals surface area (Å²) in [6.07, 6.45) is 6.73. The number of nitrogens with two attached hydrogens (primary N) is 1. The summed E-state index contributed by atoms with van der Waals surface area (Å²) < 4.78 is 0. The number of nitrogens with one attached hydrogen (secondary N) is 1. The van der Waals surface area contributed by atoms with E-state index in [-0.39, 0.29) is 0 Å². The molecule has 0 fully saturated rings. The minimum absolute atomic E-state index is 0.584. The molecule has 0 aliphatic rings. The van der Waals surface area contributed by atoms with Gasteiger partial charge in [0, 0.05) is 30.2 Å². The predicted octanol–water partition coefficient (Wildman–Crippen LogP) is 3.35. The summed E-state index contributed by atoms with van der Waals surface area (Å²) in [5.74, 6) is 0. The molecule has 0 spiro atoms. The molecule has 0 aromatic rings. The lowest BCUT2D eigenvalue weighted by molar-refractivity contribution is 0.251. The number of hydrogen-bond acceptors (Lipinski definition) is 3. The Morgan fingerprint density at radius 1 is 1.24 bits per heavy atom. The van der Waals surface area contributed by atoms with Crippen molar-refractivity contribution in [2.45, 2.75) is 41.0 Å². The van der Waals surface area contributed by atoms with Crippen molar-refractivity contribution in [1.82, 2.24) is 5.32 Å². The third-order valence-electron chi connectivity index (χ3n) is 2.72. The summed E-state index contributed by atoms with van der Waals surface area (Å²) in [5.41, 5.74) is 9.31. The van der Waals surface area contributed by atoms with E-state index in [1.54, 1.807) is 20.2 Å². The number of rotatable bonds is 6. The second-order valence-electron chi connectivity index (χ2n) is 4.78. The van der Waals surface area contributed by atoms with Crippen molar-refractivity contribution in [3.05, 3.63) is 35.2 Å². The summed E-state index contributed by atoms with van der Waals surface area (Å²) in [7, 11) is 1.71. The molecular weight excluding hydrogens is 264 g/mol. The van der Waals surface area contributed by atoms with Gasteiger partial charge in [0.1, 0.15) is 0 Å². The van der Waals surface area contributed by atoms with Crippen LogP contribution in [0, 0.1) is 0 Å². The Morgan fingerprint density at radius 2 is 1.86 bits per heavy atom. The number of urea groups is 1. The first-order chi connectivity index (χ1) is 9.83. The number of hydrogen-bond donors (Lipinski definition) is 2. The first-order valence-electron chi connectivity index (χ1n) is 6.92. The van der Waals surface area contributed by atoms with Crippen LogP contribution in [0.3, 0.4) is 0 Å². The number of aliphatic imine (C=N–C) groups is 2. The van der Waals surface area contributed by atoms with Crippen molar-refractivity contribution in [3.63, 3.8) is 0 Å². The van der Waals surface area contributed by atoms with Crippen LogP contribution >= 0.6 is 0 Å². The molecule has 0 bridgehead atoms. The van der Waals surface area contributed by atoms with Crippen molar-refractivity contribution in [3.8, 4) is 0 Å². The smallest absolute Gasteiger partial charge is 0.316 e. The summed E-state index contributed by atoms with van der Waals surface area (Å²) in [4.78, 5) is 19.6. The maximum Gasteiger partial charge on any atom is 0.316 e. The topological polar surface area (TPSA) is 79.8 Å². The monoisotopic (exact) mass is 290 g/mol. The Balaban J connectivity index is 5.74. The zero-order chi connectivity index (χ0) is 16.4. The number of allylic oxidation sites excluding steroid dienone is 5. The molecule has 116 valence electrons. The van der Waals surface area contributed by atoms with Gasteiger partial charge in [-0.2, -0.15) is 0 Å². The van der Waals surface area contributed by atoms with E-state index in [0.29, 0.717) is 5.70 Å². The Labute approximate surface area is 127 Å². The molecule has 0 rings (SSSR count). The lowest BCUT2D eigenvalue weighted by atomic mass is 10.0. The molecule has 0 aromatic carbocycles. The molecule has 0 unspecified atom stereocenters. The SMILES string of the molecule is CC/C=C\C(=C/N=C(C)C)C(=NC)/C(C)=C(\C)NC(N)=O. The molecule has 0 aliphatic carbocycles. The molecular formula is C16H26N4O. The zero-order valence-corrected chi connectivity index (χ0v) is 13.8. The fourth-order valence-corrected chi connectivity index (χ4v) is 1.60. The number of amides is 2. The van der Waals surface area contributed by atoms with Gasteiger partial charge in [0.25, 0.3) is 0 Å². The Bertz CT molecular complexity index is 518. The molecule has 0 radical (unpaired) electrons. The molecule has 0 saturated heterocycles. The van der Waals surface area contributed by atoms with E-state index in [9.17, 15) is 4.79 Å². The average molecular weight is 290 g/mol. The molecule has 0 atom stereocenters. The van der Waals surface area contributed by atoms with Gasteiger partial charge in [-0.1, -0.05) is 19.1 Å². The number of carbonyl (C=O) groups excluding carboxylic acids is 1. The van der Waals surface area contributed by atoms with E-state index in [1.165, 1.54) is 0 Å². The summed E-state index contributed by atoms with van der Waals surface area (Å²) in [5, 5.41) is 2.58. The van der Waals surface area contributed by atoms with Crippen LogP contribution in [0.1, 0.15) is 41.0 Å². The van der Waals surface area contributed by atoms with Crippen molar-refractivity contribution >= 4 is 17.5 Å². The first kappa shape index (κ1) is 18.8. The molecule has 0 saturated carbocycles. The standard InChI is InChI=1S/C16H26N4O/c1-7-8-9-14(10-19-11(2)3)15(18-6)12(4)13(5)20-16(17)21/h8-10H,7H2,1-6H3,(H3,17,20,21)/b9-8-,13-12+,14-10+,18-15?. The van der Waals surface area contributed by atoms with E-state index in [4.69, 9.17) is 5.73 Å². The average Bonchev–Trinajstić information content (AvgIpc) is 2.40. The van der Waals surface area contributed by atoms with Gasteiger partial charge in [0.2, 0.25) is 0 Å². The van der Waals surface area contributed by atoms with E-state index in [1.807, 2.05) is 32.9 Å². The summed E-state index contributed by atoms with van der Waals surface area (Å²) >= 11 is 0. The second-order valence-corrected chi connectivity index (χ2v) is 4.78. The van der Waals surface area contributed by atoms with Gasteiger partial charge in [-0.3, -0.25) is 9.98 Å². The van der Waals surface area contributed by atoms with E-state index < -0.39 is 6.03 Å². The lowest BCUT2D eigenvalue weighted by Gasteiger charge is -2.11. The fourth-order valence-electron chi connectivity index (χ4n) is 1.60. The largest absolute Gasteiger partial charge is 0.351 e. The molecule has 5 heteroatoms. The van der Waals surface area contributed by atoms with Gasteiger partial charge in [-0.15, -0.1) is 0 Å². The highest BCUT2D eigenvalue weighted by Gasteiger charge is 2.10. The van der Waals surface area contributed by atoms with Crippen LogP contribution < -0.4 is 11.1 Å². The van der Waals surface area contributed by atoms with E-state index >= 15 is 0 Å². The van der Waals surface area contributed by atoms with Crippen LogP contribution in [0.5, 0.6) is 0 Å². The van der Waals surface area contributed by atoms with Crippen molar-refractivity contribution in [2.24, 2.45) is 15.7 Å². The highest BCUT2D eigenvalue weighted by Crippen LogP contribution is 2.13. The van der Waals surface area contributed by atoms with Gasteiger partial charge in [0.05, 0.1) is 5.71 Å². The van der Waals surface area contributed by atoms with Gasteiger partial charge >= 0.3 is 6.03 Å². The molecule has 0 heterocycles. The van der Waals surface area contributed by atoms with Crippen LogP contribution in [0.15, 0.2) is 45.2 Å². The van der Waals surface area contributed by atoms with Gasteiger partial charge in [-0.25, -0.2) is 4.79 Å². The Morgan fingerprint density at radius 3 is 2.29 bits per heavy atom. The van der Waals surface area contributed by atoms with Crippen molar-refractivity contribution in [1.29, 1.82) is 0 Å². The van der Waals surface area contributed by atoms with Crippen LogP contribution in [0.2, 0.25) is 0 Å². The minimum atomic E-state index is -0.584. The Kier molecular flexibility index (Phi) is 8.69. The van der Waals surface area contributed by atoms with Gasteiger partial charge in [0.15, 0.2) is 0 Å². The highest BCUT2D eigenvalue weighted by atomic mass is 16.2. The molecule has 0 aromatic heterocycles. The summed E-state index contributed by atoms with van der Waals surface area (Å²) in [6.45, 7) is 9.62. The summed E-state index contributed by atoms with van der Waals surface area (Å²) in [6, 6.07) is -0.584. The predicted molar refractivity (Wildman–Crippen MR) is 90.7 cm³/mol. The third-order valence-corrected chi connectivity index (χ3v) is 2.72. The van der Waals surface area contributed by atoms with Gasteiger partial charge < -0.3 is 11.1 Å². The molecule has 21 heavy (non-hydrogen) atoms. The maximum absolute atomic E-state index is 11.0. The third kappa shape index (κ3) is 7.25. The normalized spacial score (nSPS) is 14.0. The van der Waals surface area contributed by atoms with Crippen molar-refractivity contribution in [2.75, 3.05) is 7.05 Å². The maximum atomic E-state index is 11.0. The van der Waals surface area contributed by atoms with Gasteiger partial charge in [-0.05, 0) is 39.7 Å². The van der Waals surface area contributed by atoms with E-state index in [0.717, 1.165) is 29.0 Å².